The molecule has 1 N–H and O–H groups in total. The maximum atomic E-state index is 12.6. The maximum absolute atomic E-state index is 12.6. The van der Waals surface area contributed by atoms with Gasteiger partial charge in [-0.1, -0.05) is 12.8 Å². The van der Waals surface area contributed by atoms with Gasteiger partial charge in [0.1, 0.15) is 5.92 Å². The van der Waals surface area contributed by atoms with E-state index in [0.717, 1.165) is 25.7 Å². The Balaban J connectivity index is 1.65. The summed E-state index contributed by atoms with van der Waals surface area (Å²) in [7, 11) is 2.02. The highest BCUT2D eigenvalue weighted by Crippen LogP contribution is 2.34. The van der Waals surface area contributed by atoms with Crippen molar-refractivity contribution in [1.82, 2.24) is 15.1 Å². The molecule has 3 rings (SSSR count). The lowest BCUT2D eigenvalue weighted by atomic mass is 9.87. The quantitative estimate of drug-likeness (QED) is 0.767. The van der Waals surface area contributed by atoms with Crippen LogP contribution in [-0.4, -0.2) is 53.8 Å². The Bertz CT molecular complexity index is 455. The van der Waals surface area contributed by atoms with Crippen LogP contribution in [0, 0.1) is 11.8 Å². The van der Waals surface area contributed by atoms with Crippen LogP contribution in [0.15, 0.2) is 0 Å². The molecule has 0 spiro atoms. The summed E-state index contributed by atoms with van der Waals surface area (Å²) in [5, 5.41) is 2.36. The van der Waals surface area contributed by atoms with Gasteiger partial charge in [-0.25, -0.2) is 4.79 Å². The van der Waals surface area contributed by atoms with Crippen LogP contribution in [0.4, 0.5) is 4.79 Å². The van der Waals surface area contributed by atoms with E-state index in [2.05, 4.69) is 10.2 Å². The molecule has 21 heavy (non-hydrogen) atoms. The lowest BCUT2D eigenvalue weighted by Gasteiger charge is -2.33. The minimum Gasteiger partial charge on any atom is -0.302 e. The zero-order valence-corrected chi connectivity index (χ0v) is 12.5. The monoisotopic (exact) mass is 293 g/mol. The lowest BCUT2D eigenvalue weighted by molar-refractivity contribution is -0.145. The first-order valence-electron chi connectivity index (χ1n) is 7.94. The lowest BCUT2D eigenvalue weighted by Crippen LogP contribution is -2.60. The van der Waals surface area contributed by atoms with E-state index < -0.39 is 17.9 Å². The van der Waals surface area contributed by atoms with Crippen molar-refractivity contribution in [3.63, 3.8) is 0 Å². The number of urea groups is 1. The van der Waals surface area contributed by atoms with Crippen molar-refractivity contribution >= 4 is 17.8 Å². The Morgan fingerprint density at radius 2 is 1.81 bits per heavy atom. The van der Waals surface area contributed by atoms with Crippen LogP contribution in [0.5, 0.6) is 0 Å². The van der Waals surface area contributed by atoms with Gasteiger partial charge in [0.15, 0.2) is 0 Å². The van der Waals surface area contributed by atoms with Gasteiger partial charge in [-0.15, -0.1) is 0 Å². The molecule has 0 bridgehead atoms. The van der Waals surface area contributed by atoms with Crippen LogP contribution in [-0.2, 0) is 9.59 Å². The van der Waals surface area contributed by atoms with E-state index in [0.29, 0.717) is 19.1 Å². The summed E-state index contributed by atoms with van der Waals surface area (Å²) >= 11 is 0. The molecule has 0 aromatic rings. The molecule has 3 fully saturated rings. The molecule has 1 heterocycles. The number of barbiturate groups is 1. The zero-order valence-electron chi connectivity index (χ0n) is 12.5. The van der Waals surface area contributed by atoms with Gasteiger partial charge >= 0.3 is 6.03 Å². The van der Waals surface area contributed by atoms with Crippen molar-refractivity contribution in [2.75, 3.05) is 20.1 Å². The fraction of sp³-hybridized carbons (Fsp3) is 0.800. The Morgan fingerprint density at radius 3 is 2.43 bits per heavy atom. The molecule has 3 aliphatic rings. The number of carbonyl (C=O) groups excluding carboxylic acids is 3. The minimum atomic E-state index is -0.656. The van der Waals surface area contributed by atoms with Crippen molar-refractivity contribution in [2.45, 2.75) is 44.6 Å². The van der Waals surface area contributed by atoms with Crippen LogP contribution >= 0.6 is 0 Å². The van der Waals surface area contributed by atoms with Gasteiger partial charge in [-0.3, -0.25) is 19.8 Å². The van der Waals surface area contributed by atoms with Crippen LogP contribution < -0.4 is 5.32 Å². The molecule has 0 aromatic carbocycles. The van der Waals surface area contributed by atoms with Gasteiger partial charge in [0.05, 0.1) is 0 Å². The molecule has 2 saturated carbocycles. The second kappa shape index (κ2) is 5.75. The largest absolute Gasteiger partial charge is 0.330 e. The Hall–Kier alpha value is -1.43. The fourth-order valence-corrected chi connectivity index (χ4v) is 3.50. The van der Waals surface area contributed by atoms with Crippen molar-refractivity contribution in [3.8, 4) is 0 Å². The van der Waals surface area contributed by atoms with Gasteiger partial charge in [-0.2, -0.15) is 0 Å². The number of imide groups is 2. The van der Waals surface area contributed by atoms with Gasteiger partial charge in [0.25, 0.3) is 0 Å². The highest BCUT2D eigenvalue weighted by molar-refractivity contribution is 6.16. The molecule has 6 nitrogen and oxygen atoms in total. The van der Waals surface area contributed by atoms with Gasteiger partial charge in [0, 0.05) is 19.1 Å². The van der Waals surface area contributed by atoms with E-state index in [9.17, 15) is 14.4 Å². The number of nitrogens with zero attached hydrogens (tertiary/aromatic N) is 2. The summed E-state index contributed by atoms with van der Waals surface area (Å²) < 4.78 is 0. The number of hydrogen-bond donors (Lipinski definition) is 1. The first-order chi connectivity index (χ1) is 10.1. The van der Waals surface area contributed by atoms with Gasteiger partial charge in [0.2, 0.25) is 11.8 Å². The summed E-state index contributed by atoms with van der Waals surface area (Å²) in [6, 6.07) is 0.0451. The second-order valence-corrected chi connectivity index (χ2v) is 6.52. The number of amides is 4. The highest BCUT2D eigenvalue weighted by Gasteiger charge is 2.45. The summed E-state index contributed by atoms with van der Waals surface area (Å²) in [6.07, 6.45) is 6.35. The first-order valence-corrected chi connectivity index (χ1v) is 7.94. The third kappa shape index (κ3) is 2.95. The predicted octanol–water partition coefficient (Wildman–Crippen LogP) is 0.965. The summed E-state index contributed by atoms with van der Waals surface area (Å²) in [6.45, 7) is 1.05. The van der Waals surface area contributed by atoms with Crippen LogP contribution in [0.1, 0.15) is 38.5 Å². The average molecular weight is 293 g/mol. The predicted molar refractivity (Wildman–Crippen MR) is 76.4 cm³/mol. The molecule has 1 saturated heterocycles. The van der Waals surface area contributed by atoms with Gasteiger partial charge < -0.3 is 4.90 Å². The minimum absolute atomic E-state index is 0.106. The topological polar surface area (TPSA) is 69.7 Å². The fourth-order valence-electron chi connectivity index (χ4n) is 3.50. The maximum Gasteiger partial charge on any atom is 0.330 e. The molecule has 2 aliphatic carbocycles. The Kier molecular flexibility index (Phi) is 3.97. The SMILES string of the molecule is CN(CCN1C(=O)NC(=O)C(C2CCCC2)C1=O)C1CC1. The highest BCUT2D eigenvalue weighted by atomic mass is 16.2. The van der Waals surface area contributed by atoms with Crippen molar-refractivity contribution in [1.29, 1.82) is 0 Å². The second-order valence-electron chi connectivity index (χ2n) is 6.52. The smallest absolute Gasteiger partial charge is 0.302 e. The van der Waals surface area contributed by atoms with E-state index in [-0.39, 0.29) is 11.8 Å². The van der Waals surface area contributed by atoms with E-state index in [1.54, 1.807) is 0 Å². The van der Waals surface area contributed by atoms with Crippen molar-refractivity contribution in [2.24, 2.45) is 11.8 Å². The van der Waals surface area contributed by atoms with Gasteiger partial charge in [-0.05, 0) is 38.6 Å². The number of rotatable bonds is 5. The Labute approximate surface area is 124 Å². The van der Waals surface area contributed by atoms with E-state index in [1.807, 2.05) is 7.05 Å². The third-order valence-electron chi connectivity index (χ3n) is 5.01. The molecule has 1 atom stereocenters. The van der Waals surface area contributed by atoms with Crippen molar-refractivity contribution < 1.29 is 14.4 Å². The zero-order chi connectivity index (χ0) is 15.0. The Morgan fingerprint density at radius 1 is 1.14 bits per heavy atom. The molecule has 4 amide bonds. The molecule has 0 aromatic heterocycles. The van der Waals surface area contributed by atoms with Crippen LogP contribution in [0.3, 0.4) is 0 Å². The molecule has 1 unspecified atom stereocenters. The van der Waals surface area contributed by atoms with E-state index in [4.69, 9.17) is 0 Å². The average Bonchev–Trinajstić information content (AvgIpc) is 3.16. The molecule has 0 radical (unpaired) electrons. The van der Waals surface area contributed by atoms with E-state index >= 15 is 0 Å². The molecular formula is C15H23N3O3. The summed E-state index contributed by atoms with van der Waals surface area (Å²) in [5.41, 5.74) is 0. The molecule has 1 aliphatic heterocycles. The summed E-state index contributed by atoms with van der Waals surface area (Å²) in [4.78, 5) is 39.9. The number of nitrogens with one attached hydrogen (secondary N) is 1. The number of carbonyl (C=O) groups is 3. The molecule has 116 valence electrons. The molecular weight excluding hydrogens is 270 g/mol. The summed E-state index contributed by atoms with van der Waals surface area (Å²) in [5.74, 6) is -1.24. The van der Waals surface area contributed by atoms with Crippen LogP contribution in [0.25, 0.3) is 0 Å². The molecule has 6 heteroatoms. The number of likely N-dealkylation sites (N-methyl/N-ethyl adjacent to an activating group) is 1. The number of hydrogen-bond acceptors (Lipinski definition) is 4. The normalized spacial score (nSPS) is 27.6. The standard InChI is InChI=1S/C15H23N3O3/c1-17(11-6-7-11)8-9-18-14(20)12(10-4-2-3-5-10)13(19)16-15(18)21/h10-12H,2-9H2,1H3,(H,16,19,21). The first kappa shape index (κ1) is 14.5. The van der Waals surface area contributed by atoms with Crippen molar-refractivity contribution in [3.05, 3.63) is 0 Å². The van der Waals surface area contributed by atoms with Crippen LogP contribution in [0.2, 0.25) is 0 Å². The van der Waals surface area contributed by atoms with E-state index in [1.165, 1.54) is 17.7 Å². The third-order valence-corrected chi connectivity index (χ3v) is 5.01.